The van der Waals surface area contributed by atoms with E-state index in [0.717, 1.165) is 18.6 Å². The van der Waals surface area contributed by atoms with Gasteiger partial charge in [0.1, 0.15) is 0 Å². The van der Waals surface area contributed by atoms with Crippen molar-refractivity contribution in [3.8, 4) is 0 Å². The number of halogens is 3. The van der Waals surface area contributed by atoms with Gasteiger partial charge in [-0.2, -0.15) is 0 Å². The summed E-state index contributed by atoms with van der Waals surface area (Å²) in [6.45, 7) is 3.71. The largest absolute Gasteiger partial charge is 0.294 e. The van der Waals surface area contributed by atoms with Gasteiger partial charge < -0.3 is 0 Å². The lowest BCUT2D eigenvalue weighted by molar-refractivity contribution is 0.0923. The van der Waals surface area contributed by atoms with Crippen molar-refractivity contribution in [1.82, 2.24) is 0 Å². The molecule has 0 saturated carbocycles. The number of rotatable bonds is 4. The molecule has 0 heterocycles. The van der Waals surface area contributed by atoms with E-state index in [0.29, 0.717) is 6.42 Å². The molecule has 0 aliphatic heterocycles. The summed E-state index contributed by atoms with van der Waals surface area (Å²) < 4.78 is 25.8. The monoisotopic (exact) mass is 246 g/mol. The zero-order chi connectivity index (χ0) is 12.3. The van der Waals surface area contributed by atoms with Crippen LogP contribution in [-0.2, 0) is 0 Å². The molecule has 1 rings (SSSR count). The maximum atomic E-state index is 13.0. The topological polar surface area (TPSA) is 17.1 Å². The van der Waals surface area contributed by atoms with Crippen LogP contribution in [0.25, 0.3) is 0 Å². The van der Waals surface area contributed by atoms with Gasteiger partial charge in [0.25, 0.3) is 0 Å². The number of carbonyl (C=O) groups excluding carboxylic acids is 1. The fourth-order valence-corrected chi connectivity index (χ4v) is 1.78. The first kappa shape index (κ1) is 13.1. The Morgan fingerprint density at radius 2 is 1.94 bits per heavy atom. The van der Waals surface area contributed by atoms with E-state index in [4.69, 9.17) is 11.6 Å². The second kappa shape index (κ2) is 5.39. The molecular formula is C12H13ClF2O. The molecule has 0 aliphatic rings. The van der Waals surface area contributed by atoms with Crippen LogP contribution in [0.1, 0.15) is 37.0 Å². The van der Waals surface area contributed by atoms with Crippen molar-refractivity contribution in [3.63, 3.8) is 0 Å². The quantitative estimate of drug-likeness (QED) is 0.574. The van der Waals surface area contributed by atoms with Gasteiger partial charge in [-0.3, -0.25) is 4.79 Å². The van der Waals surface area contributed by atoms with Crippen LogP contribution in [0.4, 0.5) is 8.78 Å². The lowest BCUT2D eigenvalue weighted by Gasteiger charge is -2.10. The highest BCUT2D eigenvalue weighted by molar-refractivity contribution is 6.34. The minimum atomic E-state index is -1.04. The Labute approximate surface area is 98.4 Å². The fraction of sp³-hybridized carbons (Fsp3) is 0.417. The lowest BCUT2D eigenvalue weighted by atomic mass is 9.95. The van der Waals surface area contributed by atoms with Crippen LogP contribution in [0.15, 0.2) is 12.1 Å². The van der Waals surface area contributed by atoms with Crippen molar-refractivity contribution < 1.29 is 13.6 Å². The lowest BCUT2D eigenvalue weighted by Crippen LogP contribution is -2.12. The highest BCUT2D eigenvalue weighted by Crippen LogP contribution is 2.24. The first-order valence-electron chi connectivity index (χ1n) is 5.16. The van der Waals surface area contributed by atoms with Gasteiger partial charge in [0, 0.05) is 11.5 Å². The minimum absolute atomic E-state index is 0.0353. The third-order valence-electron chi connectivity index (χ3n) is 2.44. The molecule has 0 aliphatic carbocycles. The Morgan fingerprint density at radius 1 is 1.38 bits per heavy atom. The third kappa shape index (κ3) is 2.79. The first-order chi connectivity index (χ1) is 7.47. The van der Waals surface area contributed by atoms with Crippen LogP contribution in [-0.4, -0.2) is 5.78 Å². The third-order valence-corrected chi connectivity index (χ3v) is 2.76. The molecule has 0 radical (unpaired) electrons. The number of Topliss-reactive ketones (excluding diaryl/α,β-unsaturated/α-hetero) is 1. The summed E-state index contributed by atoms with van der Waals surface area (Å²) in [6.07, 6.45) is 1.56. The number of carbonyl (C=O) groups is 1. The SMILES string of the molecule is CCCC(C)C(=O)c1cc(F)c(F)cc1Cl. The number of hydrogen-bond acceptors (Lipinski definition) is 1. The zero-order valence-corrected chi connectivity index (χ0v) is 9.94. The summed E-state index contributed by atoms with van der Waals surface area (Å²) in [7, 11) is 0. The van der Waals surface area contributed by atoms with Gasteiger partial charge in [-0.05, 0) is 18.6 Å². The van der Waals surface area contributed by atoms with Crippen LogP contribution < -0.4 is 0 Å². The van der Waals surface area contributed by atoms with E-state index in [9.17, 15) is 13.6 Å². The summed E-state index contributed by atoms with van der Waals surface area (Å²) in [5, 5.41) is -0.0353. The highest BCUT2D eigenvalue weighted by atomic mass is 35.5. The second-order valence-electron chi connectivity index (χ2n) is 3.80. The van der Waals surface area contributed by atoms with Crippen molar-refractivity contribution in [2.45, 2.75) is 26.7 Å². The maximum Gasteiger partial charge on any atom is 0.167 e. The van der Waals surface area contributed by atoms with E-state index in [-0.39, 0.29) is 22.3 Å². The molecule has 1 aromatic carbocycles. The molecule has 0 bridgehead atoms. The van der Waals surface area contributed by atoms with Gasteiger partial charge in [0.15, 0.2) is 17.4 Å². The van der Waals surface area contributed by atoms with Gasteiger partial charge in [0.05, 0.1) is 5.02 Å². The van der Waals surface area contributed by atoms with Crippen LogP contribution in [0, 0.1) is 17.6 Å². The molecule has 0 amide bonds. The molecule has 0 fully saturated rings. The van der Waals surface area contributed by atoms with E-state index in [1.807, 2.05) is 6.92 Å². The molecule has 16 heavy (non-hydrogen) atoms. The van der Waals surface area contributed by atoms with E-state index in [2.05, 4.69) is 0 Å². The fourth-order valence-electron chi connectivity index (χ4n) is 1.54. The Bertz CT molecular complexity index is 404. The Hall–Kier alpha value is -0.960. The number of benzene rings is 1. The van der Waals surface area contributed by atoms with Gasteiger partial charge in [-0.25, -0.2) is 8.78 Å². The van der Waals surface area contributed by atoms with Crippen LogP contribution >= 0.6 is 11.6 Å². The molecule has 4 heteroatoms. The van der Waals surface area contributed by atoms with Crippen molar-refractivity contribution in [1.29, 1.82) is 0 Å². The molecule has 0 aromatic heterocycles. The van der Waals surface area contributed by atoms with Crippen molar-refractivity contribution in [2.24, 2.45) is 5.92 Å². The molecule has 0 saturated heterocycles. The van der Waals surface area contributed by atoms with Crippen LogP contribution in [0.2, 0.25) is 5.02 Å². The maximum absolute atomic E-state index is 13.0. The van der Waals surface area contributed by atoms with Gasteiger partial charge in [-0.1, -0.05) is 31.9 Å². The predicted molar refractivity (Wildman–Crippen MR) is 59.8 cm³/mol. The standard InChI is InChI=1S/C12H13ClF2O/c1-3-4-7(2)12(16)8-5-10(14)11(15)6-9(8)13/h5-7H,3-4H2,1-2H3. The van der Waals surface area contributed by atoms with E-state index in [1.54, 1.807) is 6.92 Å². The molecule has 0 spiro atoms. The van der Waals surface area contributed by atoms with Gasteiger partial charge >= 0.3 is 0 Å². The van der Waals surface area contributed by atoms with E-state index in [1.165, 1.54) is 0 Å². The van der Waals surface area contributed by atoms with Crippen LogP contribution in [0.5, 0.6) is 0 Å². The molecule has 1 aromatic rings. The molecular weight excluding hydrogens is 234 g/mol. The van der Waals surface area contributed by atoms with Gasteiger partial charge in [0.2, 0.25) is 0 Å². The highest BCUT2D eigenvalue weighted by Gasteiger charge is 2.19. The molecule has 1 nitrogen and oxygen atoms in total. The average Bonchev–Trinajstić information content (AvgIpc) is 2.23. The second-order valence-corrected chi connectivity index (χ2v) is 4.21. The first-order valence-corrected chi connectivity index (χ1v) is 5.54. The normalized spacial score (nSPS) is 12.6. The summed E-state index contributed by atoms with van der Waals surface area (Å²) >= 11 is 5.71. The summed E-state index contributed by atoms with van der Waals surface area (Å²) in [5.41, 5.74) is 0.0570. The van der Waals surface area contributed by atoms with E-state index < -0.39 is 11.6 Å². The smallest absolute Gasteiger partial charge is 0.167 e. The van der Waals surface area contributed by atoms with Crippen molar-refractivity contribution >= 4 is 17.4 Å². The average molecular weight is 247 g/mol. The Kier molecular flexibility index (Phi) is 4.42. The van der Waals surface area contributed by atoms with Crippen molar-refractivity contribution in [3.05, 3.63) is 34.4 Å². The van der Waals surface area contributed by atoms with Crippen molar-refractivity contribution in [2.75, 3.05) is 0 Å². The number of hydrogen-bond donors (Lipinski definition) is 0. The van der Waals surface area contributed by atoms with E-state index >= 15 is 0 Å². The predicted octanol–water partition coefficient (Wildman–Crippen LogP) is 4.24. The number of ketones is 1. The van der Waals surface area contributed by atoms with Gasteiger partial charge in [-0.15, -0.1) is 0 Å². The Morgan fingerprint density at radius 3 is 2.50 bits per heavy atom. The summed E-state index contributed by atoms with van der Waals surface area (Å²) in [4.78, 5) is 11.8. The Balaban J connectivity index is 3.04. The molecule has 1 unspecified atom stereocenters. The summed E-state index contributed by atoms with van der Waals surface area (Å²) in [6, 6.07) is 1.70. The summed E-state index contributed by atoms with van der Waals surface area (Å²) in [5.74, 6) is -2.56. The molecule has 0 N–H and O–H groups in total. The zero-order valence-electron chi connectivity index (χ0n) is 9.19. The minimum Gasteiger partial charge on any atom is -0.294 e. The molecule has 88 valence electrons. The van der Waals surface area contributed by atoms with Crippen LogP contribution in [0.3, 0.4) is 0 Å². The molecule has 1 atom stereocenters.